The first-order valence-corrected chi connectivity index (χ1v) is 22.6. The predicted molar refractivity (Wildman–Crippen MR) is 260 cm³/mol. The minimum absolute atomic E-state index is 0.0679. The van der Waals surface area contributed by atoms with Gasteiger partial charge in [0.2, 0.25) is 0 Å². The predicted octanol–water partition coefficient (Wildman–Crippen LogP) is 15.0. The Morgan fingerprint density at radius 3 is 1.24 bits per heavy atom. The van der Waals surface area contributed by atoms with Crippen molar-refractivity contribution in [3.05, 3.63) is 224 Å². The summed E-state index contributed by atoms with van der Waals surface area (Å²) < 4.78 is 79.2. The van der Waals surface area contributed by atoms with E-state index in [-0.39, 0.29) is 5.69 Å². The van der Waals surface area contributed by atoms with Crippen LogP contribution in [0.4, 0.5) is 47.3 Å². The van der Waals surface area contributed by atoms with Crippen molar-refractivity contribution in [3.63, 3.8) is 0 Å². The highest BCUT2D eigenvalue weighted by atomic mass is 32.2. The summed E-state index contributed by atoms with van der Waals surface area (Å²) in [4.78, 5) is 3.60. The van der Waals surface area contributed by atoms with Gasteiger partial charge in [-0.05, 0) is 109 Å². The van der Waals surface area contributed by atoms with Gasteiger partial charge < -0.3 is 23.1 Å². The Morgan fingerprint density at radius 2 is 0.758 bits per heavy atom. The molecule has 2 aromatic heterocycles. The van der Waals surface area contributed by atoms with E-state index in [2.05, 4.69) is 21.3 Å². The van der Waals surface area contributed by atoms with E-state index in [0.29, 0.717) is 28.4 Å². The minimum Gasteiger partial charge on any atom is -0.374 e. The van der Waals surface area contributed by atoms with E-state index in [1.165, 1.54) is 6.07 Å². The van der Waals surface area contributed by atoms with Gasteiger partial charge in [-0.3, -0.25) is 0 Å². The normalized spacial score (nSPS) is 12.0. The van der Waals surface area contributed by atoms with Gasteiger partial charge in [0.1, 0.15) is 0 Å². The third-order valence-electron chi connectivity index (χ3n) is 11.8. The molecular weight excluding hydrogens is 854 g/mol. The first-order valence-electron chi connectivity index (χ1n) is 21.2. The topological polar surface area (TPSA) is 59.7 Å². The van der Waals surface area contributed by atoms with Crippen LogP contribution in [0.15, 0.2) is 224 Å². The molecule has 0 unspecified atom stereocenters. The standard InChI is InChI=1S/C55H37F3N4O3S/c56-55(57,58)66(63,64)65-54-37-44(59(38-17-5-1-6-18-38)42-29-32-51-47(35-42)45-25-13-15-27-49(45)61(51)40-21-9-3-10-22-40)31-34-53(54)60(39-19-7-2-8-20-39)43-30-33-52-48(36-43)46-26-14-16-28-50(46)62(52)41-23-11-4-12-24-41/h1-37H. The molecule has 0 amide bonds. The Bertz CT molecular complexity index is 3690. The van der Waals surface area contributed by atoms with Crippen molar-refractivity contribution in [1.82, 2.24) is 9.13 Å². The van der Waals surface area contributed by atoms with Crippen LogP contribution in [0.5, 0.6) is 5.75 Å². The molecule has 11 rings (SSSR count). The van der Waals surface area contributed by atoms with Crippen molar-refractivity contribution >= 4 is 87.9 Å². The van der Waals surface area contributed by atoms with E-state index in [1.807, 2.05) is 199 Å². The number of rotatable bonds is 10. The molecule has 2 heterocycles. The maximum absolute atomic E-state index is 14.4. The summed E-state index contributed by atoms with van der Waals surface area (Å²) in [5, 5.41) is 3.79. The van der Waals surface area contributed by atoms with E-state index in [0.717, 1.165) is 55.0 Å². The molecule has 0 aliphatic carbocycles. The molecule has 0 aliphatic rings. The Morgan fingerprint density at radius 1 is 0.379 bits per heavy atom. The maximum atomic E-state index is 14.4. The Labute approximate surface area is 378 Å². The molecule has 0 atom stereocenters. The number of fused-ring (bicyclic) bond motifs is 6. The molecule has 322 valence electrons. The first kappa shape index (κ1) is 40.5. The molecule has 0 spiro atoms. The maximum Gasteiger partial charge on any atom is 0.534 e. The van der Waals surface area contributed by atoms with Crippen molar-refractivity contribution in [1.29, 1.82) is 0 Å². The van der Waals surface area contributed by atoms with Gasteiger partial charge in [0.15, 0.2) is 5.75 Å². The lowest BCUT2D eigenvalue weighted by Crippen LogP contribution is -2.28. The third-order valence-corrected chi connectivity index (χ3v) is 12.8. The number of aromatic nitrogens is 2. The molecule has 11 heteroatoms. The highest BCUT2D eigenvalue weighted by Gasteiger charge is 2.49. The van der Waals surface area contributed by atoms with Crippen molar-refractivity contribution in [3.8, 4) is 17.1 Å². The quantitative estimate of drug-likeness (QED) is 0.101. The van der Waals surface area contributed by atoms with E-state index in [1.54, 1.807) is 17.0 Å². The summed E-state index contributed by atoms with van der Waals surface area (Å²) in [6.45, 7) is 0. The third kappa shape index (κ3) is 6.97. The van der Waals surface area contributed by atoms with Crippen LogP contribution < -0.4 is 14.0 Å². The van der Waals surface area contributed by atoms with Crippen LogP contribution in [-0.2, 0) is 10.1 Å². The van der Waals surface area contributed by atoms with E-state index >= 15 is 0 Å². The van der Waals surface area contributed by atoms with Gasteiger partial charge in [-0.15, -0.1) is 0 Å². The summed E-state index contributed by atoms with van der Waals surface area (Å²) in [5.41, 5.74) is 2.99. The molecular formula is C55H37F3N4O3S. The second kappa shape index (κ2) is 16.1. The highest BCUT2D eigenvalue weighted by molar-refractivity contribution is 7.88. The average molecular weight is 891 g/mol. The first-order chi connectivity index (χ1) is 32.1. The lowest BCUT2D eigenvalue weighted by molar-refractivity contribution is -0.0499. The van der Waals surface area contributed by atoms with Crippen LogP contribution in [0.2, 0.25) is 0 Å². The summed E-state index contributed by atoms with van der Waals surface area (Å²) in [5.74, 6) is -0.525. The van der Waals surface area contributed by atoms with E-state index in [9.17, 15) is 21.6 Å². The highest BCUT2D eigenvalue weighted by Crippen LogP contribution is 2.48. The van der Waals surface area contributed by atoms with Crippen LogP contribution in [0.1, 0.15) is 0 Å². The summed E-state index contributed by atoms with van der Waals surface area (Å²) in [6, 6.07) is 71.2. The van der Waals surface area contributed by atoms with Gasteiger partial charge in [0.05, 0.1) is 33.4 Å². The Kier molecular flexibility index (Phi) is 9.85. The zero-order valence-corrected chi connectivity index (χ0v) is 35.7. The van der Waals surface area contributed by atoms with Gasteiger partial charge in [0.25, 0.3) is 0 Å². The van der Waals surface area contributed by atoms with Crippen LogP contribution in [0, 0.1) is 0 Å². The Balaban J connectivity index is 1.13. The van der Waals surface area contributed by atoms with Crippen LogP contribution >= 0.6 is 0 Å². The van der Waals surface area contributed by atoms with Crippen molar-refractivity contribution in [2.45, 2.75) is 5.51 Å². The largest absolute Gasteiger partial charge is 0.534 e. The van der Waals surface area contributed by atoms with Gasteiger partial charge in [0, 0.05) is 61.7 Å². The lowest BCUT2D eigenvalue weighted by atomic mass is 10.1. The lowest BCUT2D eigenvalue weighted by Gasteiger charge is -2.30. The van der Waals surface area contributed by atoms with E-state index < -0.39 is 21.4 Å². The SMILES string of the molecule is O=S(=O)(Oc1cc(N(c2ccccc2)c2ccc3c(c2)c2ccccc2n3-c2ccccc2)ccc1N(c1ccccc1)c1ccc2c(c1)c1ccccc1n2-c1ccccc1)C(F)(F)F. The van der Waals surface area contributed by atoms with E-state index in [4.69, 9.17) is 4.18 Å². The van der Waals surface area contributed by atoms with Gasteiger partial charge in [-0.2, -0.15) is 21.6 Å². The van der Waals surface area contributed by atoms with Gasteiger partial charge in [-0.25, -0.2) is 0 Å². The molecule has 9 aromatic carbocycles. The number of hydrogen-bond acceptors (Lipinski definition) is 5. The van der Waals surface area contributed by atoms with Crippen LogP contribution in [-0.4, -0.2) is 23.1 Å². The fourth-order valence-electron chi connectivity index (χ4n) is 9.00. The number of nitrogens with zero attached hydrogens (tertiary/aromatic N) is 4. The van der Waals surface area contributed by atoms with Crippen LogP contribution in [0.3, 0.4) is 0 Å². The fourth-order valence-corrected chi connectivity index (χ4v) is 9.46. The molecule has 0 saturated heterocycles. The second-order valence-electron chi connectivity index (χ2n) is 15.8. The smallest absolute Gasteiger partial charge is 0.374 e. The van der Waals surface area contributed by atoms with Gasteiger partial charge >= 0.3 is 15.6 Å². The number of para-hydroxylation sites is 6. The molecule has 0 bridgehead atoms. The number of anilines is 6. The summed E-state index contributed by atoms with van der Waals surface area (Å²) in [7, 11) is -6.16. The van der Waals surface area contributed by atoms with Crippen molar-refractivity contribution < 1.29 is 25.8 Å². The number of benzene rings is 9. The molecule has 66 heavy (non-hydrogen) atoms. The van der Waals surface area contributed by atoms with Crippen LogP contribution in [0.25, 0.3) is 55.0 Å². The molecule has 0 N–H and O–H groups in total. The zero-order chi connectivity index (χ0) is 45.0. The molecule has 0 saturated carbocycles. The number of hydrogen-bond donors (Lipinski definition) is 0. The fraction of sp³-hybridized carbons (Fsp3) is 0.0182. The zero-order valence-electron chi connectivity index (χ0n) is 34.9. The number of alkyl halides is 3. The summed E-state index contributed by atoms with van der Waals surface area (Å²) >= 11 is 0. The second-order valence-corrected chi connectivity index (χ2v) is 17.3. The molecule has 0 fully saturated rings. The average Bonchev–Trinajstić information content (AvgIpc) is 3.85. The van der Waals surface area contributed by atoms with Crippen molar-refractivity contribution in [2.75, 3.05) is 9.80 Å². The van der Waals surface area contributed by atoms with Crippen molar-refractivity contribution in [2.24, 2.45) is 0 Å². The Hall–Kier alpha value is -8.28. The molecule has 0 aliphatic heterocycles. The monoisotopic (exact) mass is 890 g/mol. The molecule has 0 radical (unpaired) electrons. The number of halogens is 3. The minimum atomic E-state index is -6.16. The summed E-state index contributed by atoms with van der Waals surface area (Å²) in [6.07, 6.45) is 0. The molecule has 7 nitrogen and oxygen atoms in total. The molecule has 11 aromatic rings. The van der Waals surface area contributed by atoms with Gasteiger partial charge in [-0.1, -0.05) is 109 Å².